The number of ketones is 1. The maximum absolute atomic E-state index is 11.8. The molecule has 76 valence electrons. The first-order valence-corrected chi connectivity index (χ1v) is 4.38. The van der Waals surface area contributed by atoms with Gasteiger partial charge in [-0.25, -0.2) is 4.98 Å². The number of halogens is 1. The number of H-pyrrole nitrogens is 1. The van der Waals surface area contributed by atoms with Gasteiger partial charge in [0, 0.05) is 6.20 Å². The number of carbonyl (C=O) groups is 1. The molecule has 0 radical (unpaired) electrons. The number of hydrogen-bond acceptors (Lipinski definition) is 5. The first kappa shape index (κ1) is 9.60. The van der Waals surface area contributed by atoms with Crippen LogP contribution in [0.25, 0.3) is 0 Å². The molecule has 3 N–H and O–H groups in total. The fourth-order valence-electron chi connectivity index (χ4n) is 1.08. The average Bonchev–Trinajstić information content (AvgIpc) is 2.74. The first-order chi connectivity index (χ1) is 7.18. The standard InChI is InChI=1S/C8H6ClN5O/c9-4-1-5(8(10)11-2-4)7(15)6-3-12-14-13-6/h1-3H,(H2,10,11)(H,12,13,14). The zero-order valence-corrected chi connectivity index (χ0v) is 8.19. The van der Waals surface area contributed by atoms with E-state index in [1.54, 1.807) is 0 Å². The number of rotatable bonds is 2. The topological polar surface area (TPSA) is 97.5 Å². The minimum atomic E-state index is -0.365. The Labute approximate surface area is 89.5 Å². The molecule has 0 aromatic carbocycles. The van der Waals surface area contributed by atoms with E-state index in [0.717, 1.165) is 0 Å². The van der Waals surface area contributed by atoms with Gasteiger partial charge in [-0.2, -0.15) is 15.4 Å². The van der Waals surface area contributed by atoms with E-state index in [0.29, 0.717) is 5.02 Å². The van der Waals surface area contributed by atoms with Crippen molar-refractivity contribution in [2.75, 3.05) is 5.73 Å². The van der Waals surface area contributed by atoms with Gasteiger partial charge in [-0.15, -0.1) is 0 Å². The number of anilines is 1. The monoisotopic (exact) mass is 223 g/mol. The molecular weight excluding hydrogens is 218 g/mol. The highest BCUT2D eigenvalue weighted by Crippen LogP contribution is 2.17. The Hall–Kier alpha value is -1.95. The third-order valence-electron chi connectivity index (χ3n) is 1.78. The van der Waals surface area contributed by atoms with E-state index in [1.807, 2.05) is 0 Å². The van der Waals surface area contributed by atoms with Crippen LogP contribution in [0.15, 0.2) is 18.5 Å². The molecule has 0 unspecified atom stereocenters. The van der Waals surface area contributed by atoms with Gasteiger partial charge in [0.25, 0.3) is 0 Å². The van der Waals surface area contributed by atoms with Crippen molar-refractivity contribution in [3.05, 3.63) is 34.7 Å². The molecule has 0 aliphatic heterocycles. The van der Waals surface area contributed by atoms with E-state index in [2.05, 4.69) is 20.4 Å². The lowest BCUT2D eigenvalue weighted by Gasteiger charge is -2.01. The van der Waals surface area contributed by atoms with Gasteiger partial charge in [-0.1, -0.05) is 11.6 Å². The minimum absolute atomic E-state index is 0.118. The Morgan fingerprint density at radius 3 is 2.93 bits per heavy atom. The van der Waals surface area contributed by atoms with Gasteiger partial charge < -0.3 is 5.73 Å². The summed E-state index contributed by atoms with van der Waals surface area (Å²) in [5.41, 5.74) is 5.94. The number of nitrogens with one attached hydrogen (secondary N) is 1. The summed E-state index contributed by atoms with van der Waals surface area (Å²) in [7, 11) is 0. The van der Waals surface area contributed by atoms with Crippen LogP contribution >= 0.6 is 11.6 Å². The fraction of sp³-hybridized carbons (Fsp3) is 0. The molecule has 15 heavy (non-hydrogen) atoms. The SMILES string of the molecule is Nc1ncc(Cl)cc1C(=O)c1cn[nH]n1. The summed E-state index contributed by atoms with van der Waals surface area (Å²) >= 11 is 5.71. The van der Waals surface area contributed by atoms with Gasteiger partial charge in [0.1, 0.15) is 5.82 Å². The van der Waals surface area contributed by atoms with Crippen molar-refractivity contribution in [1.29, 1.82) is 0 Å². The van der Waals surface area contributed by atoms with E-state index >= 15 is 0 Å². The number of aromatic amines is 1. The summed E-state index contributed by atoms with van der Waals surface area (Å²) in [5, 5.41) is 9.86. The van der Waals surface area contributed by atoms with Crippen molar-refractivity contribution in [2.45, 2.75) is 0 Å². The molecule has 0 saturated carbocycles. The molecule has 0 aliphatic carbocycles. The summed E-state index contributed by atoms with van der Waals surface area (Å²) < 4.78 is 0. The summed E-state index contributed by atoms with van der Waals surface area (Å²) in [6, 6.07) is 1.45. The smallest absolute Gasteiger partial charge is 0.218 e. The molecule has 0 amide bonds. The maximum Gasteiger partial charge on any atom is 0.218 e. The second-order valence-electron chi connectivity index (χ2n) is 2.77. The number of hydrogen-bond donors (Lipinski definition) is 2. The van der Waals surface area contributed by atoms with Gasteiger partial charge in [-0.05, 0) is 6.07 Å². The predicted molar refractivity (Wildman–Crippen MR) is 53.5 cm³/mol. The summed E-state index contributed by atoms with van der Waals surface area (Å²) in [4.78, 5) is 15.6. The Morgan fingerprint density at radius 1 is 1.47 bits per heavy atom. The second-order valence-corrected chi connectivity index (χ2v) is 3.21. The first-order valence-electron chi connectivity index (χ1n) is 4.00. The molecule has 2 rings (SSSR count). The molecule has 7 heteroatoms. The van der Waals surface area contributed by atoms with Crippen LogP contribution in [0.2, 0.25) is 5.02 Å². The normalized spacial score (nSPS) is 10.2. The molecule has 0 aliphatic rings. The Kier molecular flexibility index (Phi) is 2.34. The lowest BCUT2D eigenvalue weighted by molar-refractivity contribution is 0.103. The van der Waals surface area contributed by atoms with E-state index in [-0.39, 0.29) is 22.9 Å². The maximum atomic E-state index is 11.8. The number of nitrogen functional groups attached to an aromatic ring is 1. The van der Waals surface area contributed by atoms with Crippen molar-refractivity contribution < 1.29 is 4.79 Å². The minimum Gasteiger partial charge on any atom is -0.383 e. The van der Waals surface area contributed by atoms with Crippen LogP contribution in [0.5, 0.6) is 0 Å². The van der Waals surface area contributed by atoms with E-state index in [4.69, 9.17) is 17.3 Å². The Bertz CT molecular complexity index is 496. The molecular formula is C8H6ClN5O. The van der Waals surface area contributed by atoms with Gasteiger partial charge in [-0.3, -0.25) is 4.79 Å². The highest BCUT2D eigenvalue weighted by molar-refractivity contribution is 6.31. The van der Waals surface area contributed by atoms with Crippen molar-refractivity contribution in [3.8, 4) is 0 Å². The van der Waals surface area contributed by atoms with Gasteiger partial charge in [0.2, 0.25) is 5.78 Å². The van der Waals surface area contributed by atoms with E-state index in [1.165, 1.54) is 18.5 Å². The van der Waals surface area contributed by atoms with E-state index in [9.17, 15) is 4.79 Å². The molecule has 0 bridgehead atoms. The molecule has 2 aromatic heterocycles. The lowest BCUT2D eigenvalue weighted by Crippen LogP contribution is -2.07. The second kappa shape index (κ2) is 3.66. The summed E-state index contributed by atoms with van der Waals surface area (Å²) in [6.45, 7) is 0. The average molecular weight is 224 g/mol. The molecule has 0 saturated heterocycles. The van der Waals surface area contributed by atoms with Crippen LogP contribution in [0.3, 0.4) is 0 Å². The lowest BCUT2D eigenvalue weighted by atomic mass is 10.1. The Morgan fingerprint density at radius 2 is 2.27 bits per heavy atom. The highest BCUT2D eigenvalue weighted by atomic mass is 35.5. The van der Waals surface area contributed by atoms with Gasteiger partial charge in [0.05, 0.1) is 16.8 Å². The molecule has 0 spiro atoms. The summed E-state index contributed by atoms with van der Waals surface area (Å²) in [6.07, 6.45) is 2.68. The van der Waals surface area contributed by atoms with Crippen LogP contribution in [0, 0.1) is 0 Å². The molecule has 2 heterocycles. The number of carbonyl (C=O) groups excluding carboxylic acids is 1. The van der Waals surface area contributed by atoms with Crippen molar-refractivity contribution >= 4 is 23.2 Å². The van der Waals surface area contributed by atoms with Gasteiger partial charge >= 0.3 is 0 Å². The van der Waals surface area contributed by atoms with Crippen LogP contribution in [0.4, 0.5) is 5.82 Å². The fourth-order valence-corrected chi connectivity index (χ4v) is 1.24. The largest absolute Gasteiger partial charge is 0.383 e. The molecule has 0 fully saturated rings. The highest BCUT2D eigenvalue weighted by Gasteiger charge is 2.15. The molecule has 6 nitrogen and oxygen atoms in total. The van der Waals surface area contributed by atoms with Crippen LogP contribution in [-0.2, 0) is 0 Å². The van der Waals surface area contributed by atoms with E-state index < -0.39 is 0 Å². The molecule has 2 aromatic rings. The predicted octanol–water partition coefficient (Wildman–Crippen LogP) is 0.666. The number of nitrogens with two attached hydrogens (primary N) is 1. The third kappa shape index (κ3) is 1.79. The van der Waals surface area contributed by atoms with Crippen LogP contribution in [0.1, 0.15) is 16.1 Å². The van der Waals surface area contributed by atoms with Crippen LogP contribution < -0.4 is 5.73 Å². The van der Waals surface area contributed by atoms with Crippen LogP contribution in [-0.4, -0.2) is 26.2 Å². The Balaban J connectivity index is 2.46. The molecule has 0 atom stereocenters. The number of nitrogens with zero attached hydrogens (tertiary/aromatic N) is 3. The van der Waals surface area contributed by atoms with Crippen molar-refractivity contribution in [2.24, 2.45) is 0 Å². The quantitative estimate of drug-likeness (QED) is 0.729. The summed E-state index contributed by atoms with van der Waals surface area (Å²) in [5.74, 6) is -0.247. The van der Waals surface area contributed by atoms with Crippen molar-refractivity contribution in [1.82, 2.24) is 20.4 Å². The third-order valence-corrected chi connectivity index (χ3v) is 1.98. The number of pyridine rings is 1. The van der Waals surface area contributed by atoms with Crippen molar-refractivity contribution in [3.63, 3.8) is 0 Å². The van der Waals surface area contributed by atoms with Gasteiger partial charge in [0.15, 0.2) is 5.69 Å². The number of aromatic nitrogens is 4. The zero-order chi connectivity index (χ0) is 10.8. The zero-order valence-electron chi connectivity index (χ0n) is 7.44.